The van der Waals surface area contributed by atoms with Gasteiger partial charge in [0.2, 0.25) is 5.91 Å². The number of aliphatic hydroxyl groups is 1. The van der Waals surface area contributed by atoms with E-state index in [2.05, 4.69) is 16.0 Å². The van der Waals surface area contributed by atoms with Crippen molar-refractivity contribution in [2.45, 2.75) is 76.3 Å². The number of ether oxygens (including phenoxy) is 1. The van der Waals surface area contributed by atoms with Gasteiger partial charge in [-0.1, -0.05) is 60.7 Å². The van der Waals surface area contributed by atoms with E-state index in [0.29, 0.717) is 11.1 Å². The molecule has 41 heavy (non-hydrogen) atoms. The minimum absolute atomic E-state index is 0.0266. The Bertz CT molecular complexity index is 1180. The van der Waals surface area contributed by atoms with Crippen LogP contribution in [0, 0.1) is 0 Å². The first-order chi connectivity index (χ1) is 19.2. The Hall–Kier alpha value is -4.45. The molecule has 0 spiro atoms. The second kappa shape index (κ2) is 15.4. The van der Waals surface area contributed by atoms with Crippen molar-refractivity contribution in [3.63, 3.8) is 0 Å². The first kappa shape index (κ1) is 32.8. The van der Waals surface area contributed by atoms with Gasteiger partial charge in [0.15, 0.2) is 6.10 Å². The summed E-state index contributed by atoms with van der Waals surface area (Å²) in [7, 11) is 0. The Morgan fingerprint density at radius 1 is 0.756 bits per heavy atom. The highest BCUT2D eigenvalue weighted by Crippen LogP contribution is 2.12. The highest BCUT2D eigenvalue weighted by atomic mass is 16.6. The van der Waals surface area contributed by atoms with Gasteiger partial charge in [0.1, 0.15) is 17.7 Å². The molecule has 0 aliphatic heterocycles. The predicted molar refractivity (Wildman–Crippen MR) is 148 cm³/mol. The van der Waals surface area contributed by atoms with Crippen molar-refractivity contribution in [2.24, 2.45) is 0 Å². The zero-order valence-corrected chi connectivity index (χ0v) is 23.2. The van der Waals surface area contributed by atoms with E-state index in [4.69, 9.17) is 9.84 Å². The lowest BCUT2D eigenvalue weighted by Gasteiger charge is -2.28. The van der Waals surface area contributed by atoms with Crippen molar-refractivity contribution in [3.05, 3.63) is 71.8 Å². The third-order valence-corrected chi connectivity index (χ3v) is 5.83. The van der Waals surface area contributed by atoms with Gasteiger partial charge >= 0.3 is 18.0 Å². The molecule has 0 unspecified atom stereocenters. The lowest BCUT2D eigenvalue weighted by atomic mass is 10.00. The van der Waals surface area contributed by atoms with Gasteiger partial charge < -0.3 is 36.0 Å². The Labute approximate surface area is 238 Å². The van der Waals surface area contributed by atoms with Crippen molar-refractivity contribution in [3.8, 4) is 0 Å². The highest BCUT2D eigenvalue weighted by Gasteiger charge is 2.33. The van der Waals surface area contributed by atoms with Crippen molar-refractivity contribution >= 4 is 29.8 Å². The van der Waals surface area contributed by atoms with Crippen molar-refractivity contribution < 1.29 is 44.0 Å². The van der Waals surface area contributed by atoms with E-state index in [-0.39, 0.29) is 19.3 Å². The van der Waals surface area contributed by atoms with Gasteiger partial charge in [-0.25, -0.2) is 9.59 Å². The van der Waals surface area contributed by atoms with E-state index in [1.807, 2.05) is 0 Å². The second-order valence-corrected chi connectivity index (χ2v) is 10.5. The number of amides is 3. The van der Waals surface area contributed by atoms with E-state index < -0.39 is 66.1 Å². The summed E-state index contributed by atoms with van der Waals surface area (Å²) in [6, 6.07) is 13.3. The van der Waals surface area contributed by atoms with E-state index in [9.17, 15) is 34.2 Å². The molecule has 2 aromatic rings. The Balaban J connectivity index is 2.21. The summed E-state index contributed by atoms with van der Waals surface area (Å²) < 4.78 is 5.26. The topological polar surface area (TPSA) is 191 Å². The fraction of sp³-hybridized carbons (Fsp3) is 0.414. The molecule has 222 valence electrons. The summed E-state index contributed by atoms with van der Waals surface area (Å²) in [5, 5.41) is 36.9. The lowest BCUT2D eigenvalue weighted by molar-refractivity contribution is -0.143. The standard InChI is InChI=1S/C29H37N3O9/c1-29(2,3)41-28(40)32-21(16-18-10-6-4-7-11-18)24(35)26(37)30-20(14-15-23(33)34)25(36)31-22(27(38)39)17-19-12-8-5-9-13-19/h4-13,20-22,24,35H,14-17H2,1-3H3,(H,30,37)(H,31,36)(H,32,40)(H,33,34)(H,38,39)/t20-,21-,22-,24+/m0/s1. The van der Waals surface area contributed by atoms with Gasteiger partial charge in [-0.05, 0) is 44.7 Å². The Morgan fingerprint density at radius 3 is 1.76 bits per heavy atom. The van der Waals surface area contributed by atoms with Crippen LogP contribution in [0.2, 0.25) is 0 Å². The number of rotatable bonds is 14. The number of carboxylic acid groups (broad SMARTS) is 2. The maximum atomic E-state index is 13.1. The molecule has 0 heterocycles. The largest absolute Gasteiger partial charge is 0.481 e. The minimum Gasteiger partial charge on any atom is -0.481 e. The molecule has 0 aliphatic rings. The molecular weight excluding hydrogens is 534 g/mol. The number of carbonyl (C=O) groups excluding carboxylic acids is 3. The number of carbonyl (C=O) groups is 5. The number of carboxylic acids is 2. The summed E-state index contributed by atoms with van der Waals surface area (Å²) in [5.74, 6) is -4.57. The molecule has 0 aliphatic carbocycles. The smallest absolute Gasteiger partial charge is 0.407 e. The molecule has 12 heteroatoms. The number of benzene rings is 2. The zero-order valence-electron chi connectivity index (χ0n) is 23.2. The molecule has 0 saturated carbocycles. The molecule has 3 amide bonds. The molecule has 0 aromatic heterocycles. The number of aliphatic hydroxyl groups excluding tert-OH is 1. The molecule has 2 rings (SSSR count). The van der Waals surface area contributed by atoms with Crippen molar-refractivity contribution in [1.82, 2.24) is 16.0 Å². The lowest BCUT2D eigenvalue weighted by Crippen LogP contribution is -2.57. The van der Waals surface area contributed by atoms with Crippen LogP contribution in [0.3, 0.4) is 0 Å². The van der Waals surface area contributed by atoms with Crippen LogP contribution >= 0.6 is 0 Å². The third-order valence-electron chi connectivity index (χ3n) is 5.83. The molecule has 12 nitrogen and oxygen atoms in total. The molecule has 2 aromatic carbocycles. The molecule has 6 N–H and O–H groups in total. The maximum absolute atomic E-state index is 13.1. The van der Waals surface area contributed by atoms with Crippen LogP contribution in [-0.2, 0) is 36.8 Å². The Morgan fingerprint density at radius 2 is 1.27 bits per heavy atom. The van der Waals surface area contributed by atoms with Gasteiger partial charge in [0, 0.05) is 12.8 Å². The summed E-state index contributed by atoms with van der Waals surface area (Å²) >= 11 is 0. The summed E-state index contributed by atoms with van der Waals surface area (Å²) in [4.78, 5) is 61.7. The number of nitrogens with one attached hydrogen (secondary N) is 3. The van der Waals surface area contributed by atoms with Crippen molar-refractivity contribution in [2.75, 3.05) is 0 Å². The summed E-state index contributed by atoms with van der Waals surface area (Å²) in [6.07, 6.45) is -3.67. The summed E-state index contributed by atoms with van der Waals surface area (Å²) in [5.41, 5.74) is 0.471. The maximum Gasteiger partial charge on any atom is 0.407 e. The number of hydrogen-bond acceptors (Lipinski definition) is 7. The van der Waals surface area contributed by atoms with Crippen LogP contribution in [0.25, 0.3) is 0 Å². The van der Waals surface area contributed by atoms with Gasteiger partial charge in [0.25, 0.3) is 5.91 Å². The van der Waals surface area contributed by atoms with Crippen LogP contribution in [0.1, 0.15) is 44.7 Å². The van der Waals surface area contributed by atoms with E-state index in [1.54, 1.807) is 81.4 Å². The van der Waals surface area contributed by atoms with E-state index in [0.717, 1.165) is 0 Å². The van der Waals surface area contributed by atoms with Crippen LogP contribution in [0.5, 0.6) is 0 Å². The summed E-state index contributed by atoms with van der Waals surface area (Å²) in [6.45, 7) is 4.95. The van der Waals surface area contributed by atoms with Crippen molar-refractivity contribution in [1.29, 1.82) is 0 Å². The highest BCUT2D eigenvalue weighted by molar-refractivity contribution is 5.92. The van der Waals surface area contributed by atoms with Gasteiger partial charge in [-0.2, -0.15) is 0 Å². The van der Waals surface area contributed by atoms with Crippen LogP contribution in [-0.4, -0.2) is 75.0 Å². The molecule has 0 radical (unpaired) electrons. The third kappa shape index (κ3) is 12.1. The van der Waals surface area contributed by atoms with Crippen LogP contribution in [0.15, 0.2) is 60.7 Å². The van der Waals surface area contributed by atoms with E-state index in [1.165, 1.54) is 0 Å². The molecule has 0 saturated heterocycles. The van der Waals surface area contributed by atoms with Crippen LogP contribution < -0.4 is 16.0 Å². The molecular formula is C29H37N3O9. The molecule has 0 bridgehead atoms. The first-order valence-corrected chi connectivity index (χ1v) is 13.1. The quantitative estimate of drug-likeness (QED) is 0.196. The van der Waals surface area contributed by atoms with Crippen LogP contribution in [0.4, 0.5) is 4.79 Å². The zero-order chi connectivity index (χ0) is 30.6. The molecule has 0 fully saturated rings. The second-order valence-electron chi connectivity index (χ2n) is 10.5. The normalized spacial score (nSPS) is 14.0. The average Bonchev–Trinajstić information content (AvgIpc) is 2.89. The molecule has 4 atom stereocenters. The first-order valence-electron chi connectivity index (χ1n) is 13.1. The number of hydrogen-bond donors (Lipinski definition) is 6. The monoisotopic (exact) mass is 571 g/mol. The van der Waals surface area contributed by atoms with Gasteiger partial charge in [-0.3, -0.25) is 14.4 Å². The number of aliphatic carboxylic acids is 2. The fourth-order valence-corrected chi connectivity index (χ4v) is 3.87. The van der Waals surface area contributed by atoms with Gasteiger partial charge in [0.05, 0.1) is 6.04 Å². The predicted octanol–water partition coefficient (Wildman–Crippen LogP) is 1.65. The minimum atomic E-state index is -1.87. The van der Waals surface area contributed by atoms with E-state index >= 15 is 0 Å². The van der Waals surface area contributed by atoms with Gasteiger partial charge in [-0.15, -0.1) is 0 Å². The fourth-order valence-electron chi connectivity index (χ4n) is 3.87. The average molecular weight is 572 g/mol. The number of alkyl carbamates (subject to hydrolysis) is 1. The Kier molecular flexibility index (Phi) is 12.3. The SMILES string of the molecule is CC(C)(C)OC(=O)N[C@@H](Cc1ccccc1)[C@@H](O)C(=O)N[C@@H](CCC(=O)O)C(=O)N[C@@H](Cc1ccccc1)C(=O)O.